The zero-order valence-electron chi connectivity index (χ0n) is 43.8. The van der Waals surface area contributed by atoms with Gasteiger partial charge in [-0.15, -0.1) is 5.10 Å². The fourth-order valence-corrected chi connectivity index (χ4v) is 14.3. The summed E-state index contributed by atoms with van der Waals surface area (Å²) in [6.07, 6.45) is 20.3. The molecule has 1 aromatic carbocycles. The quantitative estimate of drug-likeness (QED) is 0.0490. The van der Waals surface area contributed by atoms with E-state index in [4.69, 9.17) is 4.74 Å². The van der Waals surface area contributed by atoms with E-state index in [1.54, 1.807) is 0 Å². The van der Waals surface area contributed by atoms with Gasteiger partial charge in [0, 0.05) is 32.7 Å². The van der Waals surface area contributed by atoms with Crippen molar-refractivity contribution < 1.29 is 54.2 Å². The van der Waals surface area contributed by atoms with Crippen molar-refractivity contribution in [3.05, 3.63) is 47.3 Å². The maximum absolute atomic E-state index is 12.6. The number of carboxylic acids is 5. The van der Waals surface area contributed by atoms with Gasteiger partial charge in [0.05, 0.1) is 45.1 Å². The van der Waals surface area contributed by atoms with Crippen molar-refractivity contribution >= 4 is 29.8 Å². The number of aliphatic carboxylic acids is 5. The Morgan fingerprint density at radius 3 is 1.86 bits per heavy atom. The molecule has 4 saturated carbocycles. The molecule has 17 heteroatoms. The highest BCUT2D eigenvalue weighted by molar-refractivity contribution is 5.74. The Morgan fingerprint density at radius 1 is 0.694 bits per heavy atom. The SMILES string of the molecule is CC(C)CCC[C@@H](C)[C@H]1CC[C@H]2[C@@H]3CC[C@H]4C[C@@H](OCc5cn(CCc6ccc(CCCC(C(=O)O)N(CCN(CC(=O)O)CC(=O)O)CCN(CC(=O)O)CC(=O)O)cc6)nn5)CC[C@]4(C)[C@H]3CC[C@]12C. The summed E-state index contributed by atoms with van der Waals surface area (Å²) in [4.78, 5) is 62.2. The van der Waals surface area contributed by atoms with Crippen molar-refractivity contribution in [2.45, 2.75) is 163 Å². The van der Waals surface area contributed by atoms with Gasteiger partial charge in [0.1, 0.15) is 11.7 Å². The molecule has 10 atom stereocenters. The molecular weight excluding hydrogens is 921 g/mol. The lowest BCUT2D eigenvalue weighted by molar-refractivity contribution is -0.146. The number of hydrogen-bond donors (Lipinski definition) is 5. The van der Waals surface area contributed by atoms with Crippen LogP contribution < -0.4 is 0 Å². The van der Waals surface area contributed by atoms with Crippen LogP contribution in [0.5, 0.6) is 0 Å². The van der Waals surface area contributed by atoms with E-state index in [1.165, 1.54) is 78.9 Å². The first-order valence-corrected chi connectivity index (χ1v) is 27.1. The molecule has 0 bridgehead atoms. The molecule has 2 aromatic rings. The van der Waals surface area contributed by atoms with E-state index in [2.05, 4.69) is 44.9 Å². The third-order valence-electron chi connectivity index (χ3n) is 18.0. The van der Waals surface area contributed by atoms with Gasteiger partial charge in [0.15, 0.2) is 0 Å². The van der Waals surface area contributed by atoms with Crippen LogP contribution >= 0.6 is 0 Å². The molecule has 4 aliphatic rings. The lowest BCUT2D eigenvalue weighted by atomic mass is 9.44. The predicted molar refractivity (Wildman–Crippen MR) is 271 cm³/mol. The van der Waals surface area contributed by atoms with Gasteiger partial charge in [0.2, 0.25) is 0 Å². The molecule has 17 nitrogen and oxygen atoms in total. The van der Waals surface area contributed by atoms with E-state index >= 15 is 0 Å². The van der Waals surface area contributed by atoms with E-state index in [1.807, 2.05) is 35.1 Å². The topological polar surface area (TPSA) is 236 Å². The fourth-order valence-electron chi connectivity index (χ4n) is 14.3. The smallest absolute Gasteiger partial charge is 0.320 e. The summed E-state index contributed by atoms with van der Waals surface area (Å²) >= 11 is 0. The van der Waals surface area contributed by atoms with Crippen LogP contribution in [0.15, 0.2) is 30.5 Å². The van der Waals surface area contributed by atoms with Crippen LogP contribution in [0.2, 0.25) is 0 Å². The molecule has 1 heterocycles. The zero-order valence-corrected chi connectivity index (χ0v) is 43.8. The van der Waals surface area contributed by atoms with Crippen molar-refractivity contribution in [1.82, 2.24) is 29.7 Å². The van der Waals surface area contributed by atoms with Crippen LogP contribution in [0.25, 0.3) is 0 Å². The summed E-state index contributed by atoms with van der Waals surface area (Å²) in [5.41, 5.74) is 3.91. The Balaban J connectivity index is 0.945. The first kappa shape index (κ1) is 56.8. The molecule has 1 unspecified atom stereocenters. The molecule has 72 heavy (non-hydrogen) atoms. The Labute approximate surface area is 427 Å². The number of rotatable bonds is 31. The van der Waals surface area contributed by atoms with Gasteiger partial charge in [-0.1, -0.05) is 83.4 Å². The minimum atomic E-state index is -1.25. The molecule has 1 aromatic heterocycles. The maximum atomic E-state index is 12.6. The number of carboxylic acid groups (broad SMARTS) is 5. The third kappa shape index (κ3) is 15.5. The molecule has 402 valence electrons. The summed E-state index contributed by atoms with van der Waals surface area (Å²) in [5.74, 6) is -0.226. The normalized spacial score (nSPS) is 26.8. The Bertz CT molecular complexity index is 2030. The number of aryl methyl sites for hydroxylation is 3. The lowest BCUT2D eigenvalue weighted by Gasteiger charge is -2.61. The number of carbonyl (C=O) groups is 5. The summed E-state index contributed by atoms with van der Waals surface area (Å²) in [6, 6.07) is 7.05. The lowest BCUT2D eigenvalue weighted by Crippen LogP contribution is -2.54. The third-order valence-corrected chi connectivity index (χ3v) is 18.0. The van der Waals surface area contributed by atoms with Gasteiger partial charge < -0.3 is 30.3 Å². The van der Waals surface area contributed by atoms with Crippen LogP contribution in [0.3, 0.4) is 0 Å². The van der Waals surface area contributed by atoms with Crippen molar-refractivity contribution in [2.24, 2.45) is 52.3 Å². The minimum absolute atomic E-state index is 0.0411. The number of ether oxygens (including phenoxy) is 1. The van der Waals surface area contributed by atoms with Crippen molar-refractivity contribution in [1.29, 1.82) is 0 Å². The molecule has 5 N–H and O–H groups in total. The average molecular weight is 1010 g/mol. The van der Waals surface area contributed by atoms with Gasteiger partial charge in [-0.25, -0.2) is 0 Å². The maximum Gasteiger partial charge on any atom is 0.320 e. The molecule has 6 rings (SSSR count). The molecule has 0 radical (unpaired) electrons. The average Bonchev–Trinajstić information content (AvgIpc) is 3.92. The van der Waals surface area contributed by atoms with Crippen LogP contribution in [0.1, 0.15) is 141 Å². The molecule has 0 amide bonds. The highest BCUT2D eigenvalue weighted by Crippen LogP contribution is 2.68. The molecular formula is C55H86N6O11. The first-order valence-electron chi connectivity index (χ1n) is 27.1. The second-order valence-corrected chi connectivity index (χ2v) is 23.2. The van der Waals surface area contributed by atoms with E-state index in [0.29, 0.717) is 36.8 Å². The molecule has 0 aliphatic heterocycles. The Hall–Kier alpha value is -4.45. The van der Waals surface area contributed by atoms with Crippen LogP contribution in [-0.2, 0) is 54.7 Å². The Morgan fingerprint density at radius 2 is 1.28 bits per heavy atom. The van der Waals surface area contributed by atoms with Gasteiger partial charge >= 0.3 is 29.8 Å². The van der Waals surface area contributed by atoms with E-state index < -0.39 is 62.1 Å². The highest BCUT2D eigenvalue weighted by Gasteiger charge is 2.60. The number of benzene rings is 1. The summed E-state index contributed by atoms with van der Waals surface area (Å²) in [6.45, 7) is 11.2. The number of nitrogens with zero attached hydrogens (tertiary/aromatic N) is 6. The zero-order chi connectivity index (χ0) is 52.2. The van der Waals surface area contributed by atoms with Crippen LogP contribution in [-0.4, -0.2) is 150 Å². The summed E-state index contributed by atoms with van der Waals surface area (Å²) < 4.78 is 8.46. The van der Waals surface area contributed by atoms with Gasteiger partial charge in [0.25, 0.3) is 0 Å². The van der Waals surface area contributed by atoms with E-state index in [-0.39, 0.29) is 38.7 Å². The molecule has 4 aliphatic carbocycles. The number of aromatic nitrogens is 3. The van der Waals surface area contributed by atoms with E-state index in [0.717, 1.165) is 77.5 Å². The van der Waals surface area contributed by atoms with Crippen molar-refractivity contribution in [3.8, 4) is 0 Å². The van der Waals surface area contributed by atoms with Crippen LogP contribution in [0, 0.1) is 52.3 Å². The number of fused-ring (bicyclic) bond motifs is 5. The summed E-state index contributed by atoms with van der Waals surface area (Å²) in [7, 11) is 0. The van der Waals surface area contributed by atoms with Crippen LogP contribution in [0.4, 0.5) is 0 Å². The molecule has 4 fully saturated rings. The summed E-state index contributed by atoms with van der Waals surface area (Å²) in [5, 5.41) is 56.4. The standard InChI is InChI=1S/C55H86N6O11/c1-37(2)8-6-9-38(3)45-18-19-46-44-17-16-41-30-43(20-23-54(41,4)47(44)21-24-55(45,46)5)72-36-42-31-61(57-56-42)25-22-40-14-12-39(13-15-40)10-7-11-48(53(70)71)60(28-26-58(32-49(62)63)33-50(64)65)29-27-59(34-51(66)67)35-52(68)69/h12-15,31,37-38,41,43-48H,6-11,16-30,32-36H2,1-5H3,(H,62,63)(H,64,65)(H,66,67)(H,68,69)(H,70,71)/t38-,41+,43+,44+,45-,46+,47+,48?,54+,55-/m1/s1. The fraction of sp³-hybridized carbons (Fsp3) is 0.764. The Kier molecular flexibility index (Phi) is 20.7. The van der Waals surface area contributed by atoms with Gasteiger partial charge in [-0.3, -0.25) is 43.4 Å². The second kappa shape index (κ2) is 26.2. The monoisotopic (exact) mass is 1010 g/mol. The number of hydrogen-bond acceptors (Lipinski definition) is 11. The van der Waals surface area contributed by atoms with Gasteiger partial charge in [-0.2, -0.15) is 0 Å². The second-order valence-electron chi connectivity index (χ2n) is 23.2. The highest BCUT2D eigenvalue weighted by atomic mass is 16.5. The molecule has 0 spiro atoms. The van der Waals surface area contributed by atoms with Crippen molar-refractivity contribution in [2.75, 3.05) is 52.4 Å². The minimum Gasteiger partial charge on any atom is -0.480 e. The van der Waals surface area contributed by atoms with E-state index in [9.17, 15) is 49.5 Å². The first-order chi connectivity index (χ1) is 34.2. The van der Waals surface area contributed by atoms with Gasteiger partial charge in [-0.05, 0) is 147 Å². The largest absolute Gasteiger partial charge is 0.480 e. The molecule has 0 saturated heterocycles. The predicted octanol–water partition coefficient (Wildman–Crippen LogP) is 7.55. The van der Waals surface area contributed by atoms with Crippen molar-refractivity contribution in [3.63, 3.8) is 0 Å².